The van der Waals surface area contributed by atoms with Crippen LogP contribution in [0.25, 0.3) is 17.5 Å². The van der Waals surface area contributed by atoms with E-state index in [2.05, 4.69) is 10.2 Å². The maximum atomic E-state index is 14.5. The fourth-order valence-electron chi connectivity index (χ4n) is 5.89. The number of nitro groups is 1. The molecule has 0 bridgehead atoms. The summed E-state index contributed by atoms with van der Waals surface area (Å²) in [7, 11) is 1.53. The summed E-state index contributed by atoms with van der Waals surface area (Å²) in [5, 5.41) is 21.9. The van der Waals surface area contributed by atoms with Crippen molar-refractivity contribution in [2.24, 2.45) is 4.99 Å². The van der Waals surface area contributed by atoms with Gasteiger partial charge in [-0.2, -0.15) is 0 Å². The molecule has 0 saturated carbocycles. The van der Waals surface area contributed by atoms with Crippen LogP contribution < -0.4 is 19.6 Å². The molecule has 3 aromatic carbocycles. The zero-order valence-corrected chi connectivity index (χ0v) is 30.6. The zero-order chi connectivity index (χ0) is 36.2. The van der Waals surface area contributed by atoms with E-state index in [4.69, 9.17) is 26.1 Å². The third-order valence-corrected chi connectivity index (χ3v) is 10.4. The molecule has 0 aliphatic carbocycles. The Kier molecular flexibility index (Phi) is 10.8. The standard InChI is InChI=1S/C36H33ClN6O6S2/c1-5-11-26-30(34(45)49-7-3)31(25-14-8-9-15-27(25)48-4)42-33(44)29(51-35(42)38-26)20-22-19-24(43(46)47)16-17-28(22)50-36-40-39-32(41(36)6-2)21-12-10-13-23(37)18-21/h8-10,12-20,31H,5-7,11H2,1-4H3/b29-20+/t31-/m0/s1. The quantitative estimate of drug-likeness (QED) is 0.0786. The molecule has 0 unspecified atom stereocenters. The van der Waals surface area contributed by atoms with E-state index < -0.39 is 22.5 Å². The molecule has 262 valence electrons. The van der Waals surface area contributed by atoms with E-state index >= 15 is 0 Å². The van der Waals surface area contributed by atoms with Crippen molar-refractivity contribution in [2.75, 3.05) is 13.7 Å². The van der Waals surface area contributed by atoms with Crippen LogP contribution in [0.4, 0.5) is 5.69 Å². The molecular formula is C36H33ClN6O6S2. The molecule has 51 heavy (non-hydrogen) atoms. The number of methoxy groups -OCH3 is 1. The van der Waals surface area contributed by atoms with Crippen molar-refractivity contribution < 1.29 is 19.2 Å². The summed E-state index contributed by atoms with van der Waals surface area (Å²) in [6.07, 6.45) is 2.80. The van der Waals surface area contributed by atoms with Crippen LogP contribution in [0.15, 0.2) is 97.8 Å². The van der Waals surface area contributed by atoms with Crippen LogP contribution in [0.2, 0.25) is 5.02 Å². The Bertz CT molecular complexity index is 2370. The molecule has 3 heterocycles. The smallest absolute Gasteiger partial charge is 0.338 e. The number of nitro benzene ring substituents is 1. The first-order valence-corrected chi connectivity index (χ1v) is 18.2. The number of benzene rings is 3. The fraction of sp³-hybridized carbons (Fsp3) is 0.250. The largest absolute Gasteiger partial charge is 0.496 e. The summed E-state index contributed by atoms with van der Waals surface area (Å²) in [5.74, 6) is 0.548. The maximum Gasteiger partial charge on any atom is 0.338 e. The van der Waals surface area contributed by atoms with Gasteiger partial charge in [0, 0.05) is 39.7 Å². The van der Waals surface area contributed by atoms with Gasteiger partial charge in [0.2, 0.25) is 0 Å². The van der Waals surface area contributed by atoms with E-state index in [-0.39, 0.29) is 22.4 Å². The lowest BCUT2D eigenvalue weighted by Crippen LogP contribution is -2.40. The molecule has 12 nitrogen and oxygen atoms in total. The molecule has 1 aliphatic heterocycles. The highest BCUT2D eigenvalue weighted by Gasteiger charge is 2.36. The van der Waals surface area contributed by atoms with Crippen molar-refractivity contribution in [3.8, 4) is 17.1 Å². The number of carbonyl (C=O) groups is 1. The highest BCUT2D eigenvalue weighted by molar-refractivity contribution is 7.99. The lowest BCUT2D eigenvalue weighted by Gasteiger charge is -2.26. The molecule has 1 aliphatic rings. The number of nitrogens with zero attached hydrogens (tertiary/aromatic N) is 6. The van der Waals surface area contributed by atoms with E-state index in [0.29, 0.717) is 67.7 Å². The minimum Gasteiger partial charge on any atom is -0.496 e. The van der Waals surface area contributed by atoms with Crippen LogP contribution in [-0.2, 0) is 16.1 Å². The number of thiazole rings is 1. The first-order valence-electron chi connectivity index (χ1n) is 16.2. The molecule has 6 rings (SSSR count). The number of hydrogen-bond acceptors (Lipinski definition) is 11. The number of para-hydroxylation sites is 1. The SMILES string of the molecule is CCCC1=C(C(=O)OCC)[C@H](c2ccccc2OC)n2c(s/c(=C/c3cc([N+](=O)[O-])ccc3Sc3nnc(-c4cccc(Cl)c4)n3CC)c2=O)=N1. The summed E-state index contributed by atoms with van der Waals surface area (Å²) >= 11 is 8.66. The number of ether oxygens (including phenoxy) is 2. The highest BCUT2D eigenvalue weighted by atomic mass is 35.5. The zero-order valence-electron chi connectivity index (χ0n) is 28.2. The van der Waals surface area contributed by atoms with E-state index in [0.717, 1.165) is 16.9 Å². The molecule has 1 atom stereocenters. The van der Waals surface area contributed by atoms with Gasteiger partial charge in [-0.05, 0) is 67.9 Å². The number of non-ortho nitro benzene ring substituents is 1. The van der Waals surface area contributed by atoms with Gasteiger partial charge in [0.1, 0.15) is 11.8 Å². The number of halogens is 1. The van der Waals surface area contributed by atoms with Crippen LogP contribution in [0.1, 0.15) is 50.8 Å². The van der Waals surface area contributed by atoms with Gasteiger partial charge < -0.3 is 14.0 Å². The van der Waals surface area contributed by atoms with E-state index in [9.17, 15) is 19.7 Å². The monoisotopic (exact) mass is 744 g/mol. The van der Waals surface area contributed by atoms with Crippen molar-refractivity contribution in [1.29, 1.82) is 0 Å². The van der Waals surface area contributed by atoms with E-state index in [1.165, 1.54) is 35.6 Å². The number of carbonyl (C=O) groups excluding carboxylic acids is 1. The van der Waals surface area contributed by atoms with Crippen molar-refractivity contribution in [3.63, 3.8) is 0 Å². The maximum absolute atomic E-state index is 14.5. The van der Waals surface area contributed by atoms with Gasteiger partial charge in [0.25, 0.3) is 11.2 Å². The molecule has 2 aromatic heterocycles. The van der Waals surface area contributed by atoms with Crippen LogP contribution >= 0.6 is 34.7 Å². The first-order chi connectivity index (χ1) is 24.7. The predicted octanol–water partition coefficient (Wildman–Crippen LogP) is 6.58. The lowest BCUT2D eigenvalue weighted by molar-refractivity contribution is -0.384. The van der Waals surface area contributed by atoms with Gasteiger partial charge in [0.15, 0.2) is 15.8 Å². The Morgan fingerprint density at radius 2 is 1.90 bits per heavy atom. The Hall–Kier alpha value is -5.05. The van der Waals surface area contributed by atoms with Crippen LogP contribution in [0, 0.1) is 10.1 Å². The second-order valence-electron chi connectivity index (χ2n) is 11.3. The summed E-state index contributed by atoms with van der Waals surface area (Å²) in [6, 6.07) is 18.1. The molecule has 0 N–H and O–H groups in total. The van der Waals surface area contributed by atoms with Crippen LogP contribution in [0.5, 0.6) is 5.75 Å². The minimum absolute atomic E-state index is 0.142. The third-order valence-electron chi connectivity index (χ3n) is 8.13. The Balaban J connectivity index is 1.53. The fourth-order valence-corrected chi connectivity index (χ4v) is 8.07. The lowest BCUT2D eigenvalue weighted by atomic mass is 9.93. The average Bonchev–Trinajstić information content (AvgIpc) is 3.67. The molecule has 0 amide bonds. The minimum atomic E-state index is -0.882. The van der Waals surface area contributed by atoms with Crippen molar-refractivity contribution in [1.82, 2.24) is 19.3 Å². The van der Waals surface area contributed by atoms with Gasteiger partial charge >= 0.3 is 5.97 Å². The molecule has 0 radical (unpaired) electrons. The van der Waals surface area contributed by atoms with E-state index in [1.54, 1.807) is 37.3 Å². The predicted molar refractivity (Wildman–Crippen MR) is 196 cm³/mol. The molecule has 0 fully saturated rings. The molecule has 5 aromatic rings. The topological polar surface area (TPSA) is 144 Å². The first kappa shape index (κ1) is 35.8. The summed E-state index contributed by atoms with van der Waals surface area (Å²) in [5.41, 5.74) is 2.06. The number of hydrogen-bond donors (Lipinski definition) is 0. The van der Waals surface area contributed by atoms with Crippen LogP contribution in [0.3, 0.4) is 0 Å². The number of rotatable bonds is 12. The normalized spacial score (nSPS) is 14.3. The second-order valence-corrected chi connectivity index (χ2v) is 13.8. The number of aromatic nitrogens is 4. The van der Waals surface area contributed by atoms with Gasteiger partial charge in [-0.25, -0.2) is 9.79 Å². The van der Waals surface area contributed by atoms with Gasteiger partial charge in [-0.1, -0.05) is 66.6 Å². The van der Waals surface area contributed by atoms with Crippen molar-refractivity contribution >= 4 is 52.4 Å². The highest BCUT2D eigenvalue weighted by Crippen LogP contribution is 2.38. The Morgan fingerprint density at radius 1 is 1.10 bits per heavy atom. The molecule has 15 heteroatoms. The van der Waals surface area contributed by atoms with Gasteiger partial charge in [0.05, 0.1) is 34.4 Å². The molecule has 0 saturated heterocycles. The average molecular weight is 745 g/mol. The second kappa shape index (κ2) is 15.5. The number of fused-ring (bicyclic) bond motifs is 1. The summed E-state index contributed by atoms with van der Waals surface area (Å²) in [6.45, 7) is 6.36. The number of allylic oxidation sites excluding steroid dienone is 1. The van der Waals surface area contributed by atoms with Crippen molar-refractivity contribution in [2.45, 2.75) is 56.3 Å². The van der Waals surface area contributed by atoms with E-state index in [1.807, 2.05) is 48.7 Å². The number of esters is 1. The van der Waals surface area contributed by atoms with Crippen molar-refractivity contribution in [3.05, 3.63) is 124 Å². The Morgan fingerprint density at radius 3 is 2.61 bits per heavy atom. The summed E-state index contributed by atoms with van der Waals surface area (Å²) in [4.78, 5) is 45.3. The van der Waals surface area contributed by atoms with Gasteiger partial charge in [-0.15, -0.1) is 10.2 Å². The van der Waals surface area contributed by atoms with Gasteiger partial charge in [-0.3, -0.25) is 19.5 Å². The van der Waals surface area contributed by atoms with Crippen LogP contribution in [-0.4, -0.2) is 43.9 Å². The third kappa shape index (κ3) is 7.12. The summed E-state index contributed by atoms with van der Waals surface area (Å²) < 4.78 is 14.9. The Labute approximate surface area is 305 Å². The molecular weight excluding hydrogens is 712 g/mol. The molecule has 0 spiro atoms.